The molecule has 1 aromatic rings. The van der Waals surface area contributed by atoms with Gasteiger partial charge in [-0.05, 0) is 11.4 Å². The van der Waals surface area contributed by atoms with Gasteiger partial charge in [0.2, 0.25) is 0 Å². The number of aliphatic hydroxyl groups is 1. The van der Waals surface area contributed by atoms with Gasteiger partial charge >= 0.3 is 6.18 Å². The predicted octanol–water partition coefficient (Wildman–Crippen LogP) is 2.34. The van der Waals surface area contributed by atoms with E-state index in [1.165, 1.54) is 17.5 Å². The number of halogens is 3. The largest absolute Gasteiger partial charge is 0.419 e. The van der Waals surface area contributed by atoms with Gasteiger partial charge in [-0.15, -0.1) is 11.3 Å². The van der Waals surface area contributed by atoms with Crippen LogP contribution in [0.4, 0.5) is 13.2 Å². The summed E-state index contributed by atoms with van der Waals surface area (Å²) in [5, 5.41) is 10.1. The zero-order valence-electron chi connectivity index (χ0n) is 5.30. The molecule has 0 aliphatic carbocycles. The SMILES string of the molecule is O[C@H](c1cccs1)C(F)(F)F. The average Bonchev–Trinajstić information content (AvgIpc) is 2.34. The standard InChI is InChI=1S/C6H5F3OS/c7-6(8,9)5(10)4-2-1-3-11-4/h1-3,5,10H/t5-/m1/s1. The molecule has 62 valence electrons. The summed E-state index contributed by atoms with van der Waals surface area (Å²) in [7, 11) is 0. The van der Waals surface area contributed by atoms with Crippen LogP contribution in [0.15, 0.2) is 17.5 Å². The highest BCUT2D eigenvalue weighted by atomic mass is 32.1. The Balaban J connectivity index is 2.78. The van der Waals surface area contributed by atoms with Crippen LogP contribution in [-0.4, -0.2) is 11.3 Å². The van der Waals surface area contributed by atoms with Crippen LogP contribution in [0.2, 0.25) is 0 Å². The number of thiophene rings is 1. The first-order valence-electron chi connectivity index (χ1n) is 2.80. The normalized spacial score (nSPS) is 14.9. The Hall–Kier alpha value is -0.550. The van der Waals surface area contributed by atoms with Gasteiger partial charge in [-0.1, -0.05) is 6.07 Å². The molecule has 0 saturated carbocycles. The van der Waals surface area contributed by atoms with Gasteiger partial charge in [0.1, 0.15) is 0 Å². The van der Waals surface area contributed by atoms with Crippen LogP contribution >= 0.6 is 11.3 Å². The Morgan fingerprint density at radius 1 is 1.45 bits per heavy atom. The number of aliphatic hydroxyl groups excluding tert-OH is 1. The van der Waals surface area contributed by atoms with Gasteiger partial charge in [0.05, 0.1) is 0 Å². The summed E-state index contributed by atoms with van der Waals surface area (Å²) in [6.07, 6.45) is -6.88. The van der Waals surface area contributed by atoms with Crippen LogP contribution in [0, 0.1) is 0 Å². The van der Waals surface area contributed by atoms with Gasteiger partial charge in [-0.3, -0.25) is 0 Å². The van der Waals surface area contributed by atoms with Crippen molar-refractivity contribution < 1.29 is 18.3 Å². The zero-order chi connectivity index (χ0) is 8.48. The Bertz CT molecular complexity index is 216. The van der Waals surface area contributed by atoms with E-state index in [0.717, 1.165) is 11.3 Å². The van der Waals surface area contributed by atoms with Gasteiger partial charge in [-0.2, -0.15) is 13.2 Å². The van der Waals surface area contributed by atoms with E-state index in [0.29, 0.717) is 0 Å². The van der Waals surface area contributed by atoms with E-state index < -0.39 is 12.3 Å². The van der Waals surface area contributed by atoms with Crippen LogP contribution in [0.3, 0.4) is 0 Å². The summed E-state index contributed by atoms with van der Waals surface area (Å²) in [5.74, 6) is 0. The molecule has 0 saturated heterocycles. The molecule has 5 heteroatoms. The molecule has 0 fully saturated rings. The Morgan fingerprint density at radius 3 is 2.45 bits per heavy atom. The first kappa shape index (κ1) is 8.55. The fraction of sp³-hybridized carbons (Fsp3) is 0.333. The molecule has 1 N–H and O–H groups in total. The topological polar surface area (TPSA) is 20.2 Å². The third-order valence-corrected chi connectivity index (χ3v) is 2.05. The molecule has 1 atom stereocenters. The minimum absolute atomic E-state index is 0.0718. The highest BCUT2D eigenvalue weighted by molar-refractivity contribution is 7.10. The molecular weight excluding hydrogens is 177 g/mol. The maximum atomic E-state index is 11.8. The van der Waals surface area contributed by atoms with E-state index in [9.17, 15) is 13.2 Å². The number of rotatable bonds is 1. The van der Waals surface area contributed by atoms with Crippen LogP contribution < -0.4 is 0 Å². The molecule has 0 amide bonds. The van der Waals surface area contributed by atoms with Crippen molar-refractivity contribution in [1.29, 1.82) is 0 Å². The minimum Gasteiger partial charge on any atom is -0.379 e. The first-order valence-corrected chi connectivity index (χ1v) is 3.68. The van der Waals surface area contributed by atoms with Crippen molar-refractivity contribution in [3.8, 4) is 0 Å². The van der Waals surface area contributed by atoms with E-state index >= 15 is 0 Å². The number of hydrogen-bond acceptors (Lipinski definition) is 2. The Kier molecular flexibility index (Phi) is 2.20. The van der Waals surface area contributed by atoms with Gasteiger partial charge < -0.3 is 5.11 Å². The average molecular weight is 182 g/mol. The summed E-state index contributed by atoms with van der Waals surface area (Å²) < 4.78 is 35.3. The van der Waals surface area contributed by atoms with Crippen molar-refractivity contribution in [2.75, 3.05) is 0 Å². The molecule has 0 bridgehead atoms. The van der Waals surface area contributed by atoms with Crippen molar-refractivity contribution in [1.82, 2.24) is 0 Å². The van der Waals surface area contributed by atoms with Crippen LogP contribution in [0.25, 0.3) is 0 Å². The molecule has 1 rings (SSSR count). The molecule has 0 aliphatic rings. The second-order valence-corrected chi connectivity index (χ2v) is 2.94. The molecule has 1 heterocycles. The first-order chi connectivity index (χ1) is 5.02. The molecule has 0 radical (unpaired) electrons. The molecule has 1 nitrogen and oxygen atoms in total. The fourth-order valence-corrected chi connectivity index (χ4v) is 1.34. The minimum atomic E-state index is -4.55. The van der Waals surface area contributed by atoms with E-state index in [4.69, 9.17) is 5.11 Å². The summed E-state index contributed by atoms with van der Waals surface area (Å²) in [5.41, 5.74) is 0. The third-order valence-electron chi connectivity index (χ3n) is 1.12. The van der Waals surface area contributed by atoms with Crippen molar-refractivity contribution in [2.45, 2.75) is 12.3 Å². The van der Waals surface area contributed by atoms with Gasteiger partial charge in [0.15, 0.2) is 6.10 Å². The van der Waals surface area contributed by atoms with E-state index in [1.807, 2.05) is 0 Å². The summed E-state index contributed by atoms with van der Waals surface area (Å²) in [6, 6.07) is 2.72. The maximum Gasteiger partial charge on any atom is 0.419 e. The molecule has 0 unspecified atom stereocenters. The molecule has 11 heavy (non-hydrogen) atoms. The number of alkyl halides is 3. The summed E-state index contributed by atoms with van der Waals surface area (Å²) >= 11 is 0.888. The highest BCUT2D eigenvalue weighted by Gasteiger charge is 2.39. The quantitative estimate of drug-likeness (QED) is 0.706. The summed E-state index contributed by atoms with van der Waals surface area (Å²) in [6.45, 7) is 0. The van der Waals surface area contributed by atoms with Gasteiger partial charge in [0, 0.05) is 4.88 Å². The lowest BCUT2D eigenvalue weighted by molar-refractivity contribution is -0.205. The zero-order valence-corrected chi connectivity index (χ0v) is 6.12. The molecule has 1 aromatic heterocycles. The highest BCUT2D eigenvalue weighted by Crippen LogP contribution is 2.34. The van der Waals surface area contributed by atoms with Crippen molar-refractivity contribution >= 4 is 11.3 Å². The second-order valence-electron chi connectivity index (χ2n) is 1.96. The Labute approximate surface area is 65.1 Å². The number of hydrogen-bond donors (Lipinski definition) is 1. The van der Waals surface area contributed by atoms with Crippen LogP contribution in [-0.2, 0) is 0 Å². The second kappa shape index (κ2) is 2.83. The van der Waals surface area contributed by atoms with E-state index in [-0.39, 0.29) is 4.88 Å². The predicted molar refractivity (Wildman–Crippen MR) is 35.3 cm³/mol. The van der Waals surface area contributed by atoms with Gasteiger partial charge in [0.25, 0.3) is 0 Å². The molecule has 0 aromatic carbocycles. The third kappa shape index (κ3) is 1.94. The van der Waals surface area contributed by atoms with Crippen molar-refractivity contribution in [3.63, 3.8) is 0 Å². The lowest BCUT2D eigenvalue weighted by Gasteiger charge is -2.11. The monoisotopic (exact) mass is 182 g/mol. The molecule has 0 aliphatic heterocycles. The van der Waals surface area contributed by atoms with Crippen LogP contribution in [0.5, 0.6) is 0 Å². The van der Waals surface area contributed by atoms with Crippen molar-refractivity contribution in [3.05, 3.63) is 22.4 Å². The lowest BCUT2D eigenvalue weighted by atomic mass is 10.3. The van der Waals surface area contributed by atoms with Crippen molar-refractivity contribution in [2.24, 2.45) is 0 Å². The Morgan fingerprint density at radius 2 is 2.09 bits per heavy atom. The smallest absolute Gasteiger partial charge is 0.379 e. The molecular formula is C6H5F3OS. The summed E-state index contributed by atoms with van der Waals surface area (Å²) in [4.78, 5) is -0.0718. The lowest BCUT2D eigenvalue weighted by Crippen LogP contribution is -2.18. The van der Waals surface area contributed by atoms with Crippen LogP contribution in [0.1, 0.15) is 11.0 Å². The fourth-order valence-electron chi connectivity index (χ4n) is 0.608. The molecule has 0 spiro atoms. The van der Waals surface area contributed by atoms with Gasteiger partial charge in [-0.25, -0.2) is 0 Å². The van der Waals surface area contributed by atoms with E-state index in [1.54, 1.807) is 0 Å². The van der Waals surface area contributed by atoms with E-state index in [2.05, 4.69) is 0 Å². The maximum absolute atomic E-state index is 11.8.